The van der Waals surface area contributed by atoms with Crippen LogP contribution in [0.5, 0.6) is 0 Å². The van der Waals surface area contributed by atoms with E-state index in [9.17, 15) is 32.7 Å². The Morgan fingerprint density at radius 2 is 1.81 bits per heavy atom. The molecule has 14 heteroatoms. The molecule has 1 aromatic heterocycles. The van der Waals surface area contributed by atoms with Crippen LogP contribution in [0.2, 0.25) is 0 Å². The number of hydrogen-bond donors (Lipinski definition) is 4. The van der Waals surface area contributed by atoms with E-state index in [2.05, 4.69) is 15.7 Å². The molecule has 2 unspecified atom stereocenters. The maximum atomic E-state index is 12.7. The molecule has 1 aromatic carbocycles. The van der Waals surface area contributed by atoms with Gasteiger partial charge in [-0.1, -0.05) is 19.9 Å². The Labute approximate surface area is 203 Å². The zero-order chi connectivity index (χ0) is 27.2. The van der Waals surface area contributed by atoms with Gasteiger partial charge in [0.25, 0.3) is 5.91 Å². The largest absolute Gasteiger partial charge is 0.490 e. The van der Waals surface area contributed by atoms with E-state index < -0.39 is 30.2 Å². The van der Waals surface area contributed by atoms with E-state index >= 15 is 0 Å². The van der Waals surface area contributed by atoms with Crippen molar-refractivity contribution in [2.24, 2.45) is 13.0 Å². The Bertz CT molecular complexity index is 1120. The van der Waals surface area contributed by atoms with Gasteiger partial charge in [0.2, 0.25) is 5.91 Å². The van der Waals surface area contributed by atoms with Gasteiger partial charge in [-0.3, -0.25) is 14.3 Å². The predicted molar refractivity (Wildman–Crippen MR) is 120 cm³/mol. The van der Waals surface area contributed by atoms with Crippen LogP contribution in [0, 0.1) is 5.92 Å². The quantitative estimate of drug-likeness (QED) is 0.440. The van der Waals surface area contributed by atoms with Crippen LogP contribution in [0.25, 0.3) is 0 Å². The van der Waals surface area contributed by atoms with Gasteiger partial charge >= 0.3 is 18.1 Å². The summed E-state index contributed by atoms with van der Waals surface area (Å²) in [6, 6.07) is 5.31. The summed E-state index contributed by atoms with van der Waals surface area (Å²) in [5.74, 6) is -4.75. The topological polar surface area (TPSA) is 154 Å². The molecule has 1 aliphatic heterocycles. The maximum Gasteiger partial charge on any atom is 0.490 e. The van der Waals surface area contributed by atoms with E-state index in [4.69, 9.17) is 9.90 Å². The summed E-state index contributed by atoms with van der Waals surface area (Å²) < 4.78 is 33.4. The minimum atomic E-state index is -5.08. The average Bonchev–Trinajstić information content (AvgIpc) is 3.33. The van der Waals surface area contributed by atoms with Crippen LogP contribution >= 0.6 is 0 Å². The molecule has 0 spiro atoms. The van der Waals surface area contributed by atoms with Crippen molar-refractivity contribution in [2.45, 2.75) is 38.5 Å². The monoisotopic (exact) mass is 513 g/mol. The summed E-state index contributed by atoms with van der Waals surface area (Å²) in [4.78, 5) is 47.1. The fourth-order valence-electron chi connectivity index (χ4n) is 3.52. The molecule has 1 saturated heterocycles. The number of hydrogen-bond acceptors (Lipinski definition) is 6. The number of aliphatic carboxylic acids is 2. The number of carbonyl (C=O) groups is 4. The van der Waals surface area contributed by atoms with Crippen LogP contribution in [-0.4, -0.2) is 73.5 Å². The Balaban J connectivity index is 0.000000572. The van der Waals surface area contributed by atoms with Gasteiger partial charge in [-0.2, -0.15) is 18.3 Å². The number of aryl methyl sites for hydroxylation is 1. The van der Waals surface area contributed by atoms with Gasteiger partial charge in [-0.25, -0.2) is 9.59 Å². The first kappa shape index (κ1) is 28.1. The second kappa shape index (κ2) is 11.6. The fraction of sp³-hybridized carbons (Fsp3) is 0.409. The number of carboxylic acid groups (broad SMARTS) is 2. The van der Waals surface area contributed by atoms with Crippen LogP contribution in [0.15, 0.2) is 36.7 Å². The van der Waals surface area contributed by atoms with Crippen molar-refractivity contribution in [2.75, 3.05) is 11.9 Å². The van der Waals surface area contributed by atoms with Gasteiger partial charge in [0, 0.05) is 31.0 Å². The van der Waals surface area contributed by atoms with E-state index in [1.54, 1.807) is 42.9 Å². The first-order chi connectivity index (χ1) is 16.7. The smallest absolute Gasteiger partial charge is 0.480 e. The van der Waals surface area contributed by atoms with E-state index in [0.29, 0.717) is 18.5 Å². The lowest BCUT2D eigenvalue weighted by atomic mass is 10.0. The molecule has 3 rings (SSSR count). The number of amides is 2. The summed E-state index contributed by atoms with van der Waals surface area (Å²) in [5.41, 5.74) is 1.92. The SMILES string of the molecule is CC(C)C(C(=O)O)N1CCC(NC(=O)c2cccc(Nc3cnn(C)c3)c2)C1=O.O=C(O)C(F)(F)F. The molecule has 2 aromatic rings. The van der Waals surface area contributed by atoms with E-state index in [1.165, 1.54) is 4.90 Å². The summed E-state index contributed by atoms with van der Waals surface area (Å²) in [6.45, 7) is 3.83. The Morgan fingerprint density at radius 1 is 1.17 bits per heavy atom. The number of carbonyl (C=O) groups excluding carboxylic acids is 2. The summed E-state index contributed by atoms with van der Waals surface area (Å²) in [7, 11) is 1.81. The lowest BCUT2D eigenvalue weighted by Gasteiger charge is -2.27. The van der Waals surface area contributed by atoms with E-state index in [0.717, 1.165) is 11.4 Å². The number of likely N-dealkylation sites (tertiary alicyclic amines) is 1. The molecule has 11 nitrogen and oxygen atoms in total. The fourth-order valence-corrected chi connectivity index (χ4v) is 3.52. The molecular formula is C22H26F3N5O6. The lowest BCUT2D eigenvalue weighted by Crippen LogP contribution is -2.49. The van der Waals surface area contributed by atoms with E-state index in [-0.39, 0.29) is 17.7 Å². The highest BCUT2D eigenvalue weighted by atomic mass is 19.4. The highest BCUT2D eigenvalue weighted by Gasteiger charge is 2.41. The Morgan fingerprint density at radius 3 is 2.31 bits per heavy atom. The van der Waals surface area contributed by atoms with Crippen molar-refractivity contribution in [1.82, 2.24) is 20.0 Å². The van der Waals surface area contributed by atoms with Crippen LogP contribution in [0.4, 0.5) is 24.5 Å². The maximum absolute atomic E-state index is 12.7. The molecule has 36 heavy (non-hydrogen) atoms. The average molecular weight is 513 g/mol. The van der Waals surface area contributed by atoms with Crippen molar-refractivity contribution in [3.63, 3.8) is 0 Å². The molecule has 0 bridgehead atoms. The summed E-state index contributed by atoms with van der Waals surface area (Å²) in [6.07, 6.45) is -1.22. The van der Waals surface area contributed by atoms with Crippen molar-refractivity contribution in [3.8, 4) is 0 Å². The van der Waals surface area contributed by atoms with Gasteiger partial charge in [-0.05, 0) is 30.5 Å². The molecule has 196 valence electrons. The van der Waals surface area contributed by atoms with Gasteiger partial charge < -0.3 is 25.7 Å². The number of nitrogens with one attached hydrogen (secondary N) is 2. The second-order valence-corrected chi connectivity index (χ2v) is 8.28. The number of aromatic nitrogens is 2. The molecule has 2 atom stereocenters. The molecule has 2 heterocycles. The number of halogens is 3. The number of rotatable bonds is 7. The number of carboxylic acids is 2. The lowest BCUT2D eigenvalue weighted by molar-refractivity contribution is -0.192. The molecular weight excluding hydrogens is 487 g/mol. The van der Waals surface area contributed by atoms with E-state index in [1.807, 2.05) is 19.3 Å². The Hall–Kier alpha value is -4.10. The third-order valence-corrected chi connectivity index (χ3v) is 5.13. The molecule has 1 aliphatic rings. The number of nitrogens with zero attached hydrogens (tertiary/aromatic N) is 3. The standard InChI is InChI=1S/C20H25N5O4.C2HF3O2/c1-12(2)17(20(28)29)25-8-7-16(19(25)27)23-18(26)13-5-4-6-14(9-13)22-15-10-21-24(3)11-15;3-2(4,5)1(6)7/h4-6,9-12,16-17,22H,7-8H2,1-3H3,(H,23,26)(H,28,29);(H,6,7). The second-order valence-electron chi connectivity index (χ2n) is 8.28. The van der Waals surface area contributed by atoms with Gasteiger partial charge in [-0.15, -0.1) is 0 Å². The van der Waals surface area contributed by atoms with Gasteiger partial charge in [0.05, 0.1) is 11.9 Å². The first-order valence-corrected chi connectivity index (χ1v) is 10.7. The van der Waals surface area contributed by atoms with Crippen LogP contribution in [-0.2, 0) is 21.4 Å². The zero-order valence-electron chi connectivity index (χ0n) is 19.6. The van der Waals surface area contributed by atoms with Gasteiger partial charge in [0.15, 0.2) is 0 Å². The van der Waals surface area contributed by atoms with Crippen molar-refractivity contribution >= 4 is 35.1 Å². The minimum absolute atomic E-state index is 0.221. The molecule has 0 saturated carbocycles. The first-order valence-electron chi connectivity index (χ1n) is 10.7. The van der Waals surface area contributed by atoms with Gasteiger partial charge in [0.1, 0.15) is 12.1 Å². The predicted octanol–water partition coefficient (Wildman–Crippen LogP) is 2.24. The van der Waals surface area contributed by atoms with Crippen molar-refractivity contribution < 1.29 is 42.6 Å². The highest BCUT2D eigenvalue weighted by molar-refractivity contribution is 5.99. The third kappa shape index (κ3) is 7.45. The zero-order valence-corrected chi connectivity index (χ0v) is 19.6. The van der Waals surface area contributed by atoms with Crippen LogP contribution in [0.1, 0.15) is 30.6 Å². The van der Waals surface area contributed by atoms with Crippen molar-refractivity contribution in [1.29, 1.82) is 0 Å². The number of anilines is 2. The molecule has 0 aliphatic carbocycles. The van der Waals surface area contributed by atoms with Crippen LogP contribution < -0.4 is 10.6 Å². The normalized spacial score (nSPS) is 16.2. The third-order valence-electron chi connectivity index (χ3n) is 5.13. The molecule has 2 amide bonds. The summed E-state index contributed by atoms with van der Waals surface area (Å²) in [5, 5.41) is 26.5. The molecule has 4 N–H and O–H groups in total. The van der Waals surface area contributed by atoms with Crippen LogP contribution in [0.3, 0.4) is 0 Å². The highest BCUT2D eigenvalue weighted by Crippen LogP contribution is 2.21. The Kier molecular flexibility index (Phi) is 9.03. The minimum Gasteiger partial charge on any atom is -0.480 e. The summed E-state index contributed by atoms with van der Waals surface area (Å²) >= 11 is 0. The van der Waals surface area contributed by atoms with Crippen molar-refractivity contribution in [3.05, 3.63) is 42.2 Å². The molecule has 1 fully saturated rings. The molecule has 0 radical (unpaired) electrons. The number of alkyl halides is 3. The number of benzene rings is 1.